The molecular formula is C19H18ClN3O. The molecular weight excluding hydrogens is 322 g/mol. The number of rotatable bonds is 4. The molecule has 0 aliphatic rings. The van der Waals surface area contributed by atoms with E-state index in [1.165, 1.54) is 0 Å². The molecule has 0 saturated carbocycles. The van der Waals surface area contributed by atoms with Crippen LogP contribution in [0.4, 0.5) is 0 Å². The van der Waals surface area contributed by atoms with Crippen molar-refractivity contribution in [3.63, 3.8) is 0 Å². The van der Waals surface area contributed by atoms with Crippen molar-refractivity contribution < 1.29 is 4.79 Å². The summed E-state index contributed by atoms with van der Waals surface area (Å²) in [7, 11) is 0. The Labute approximate surface area is 146 Å². The van der Waals surface area contributed by atoms with Crippen LogP contribution in [0.5, 0.6) is 0 Å². The number of nitrogens with zero attached hydrogens (tertiary/aromatic N) is 2. The Morgan fingerprint density at radius 2 is 1.88 bits per heavy atom. The number of nitrogens with one attached hydrogen (secondary N) is 1. The van der Waals surface area contributed by atoms with Gasteiger partial charge in [0.25, 0.3) is 5.91 Å². The summed E-state index contributed by atoms with van der Waals surface area (Å²) in [5.41, 5.74) is 4.04. The van der Waals surface area contributed by atoms with Gasteiger partial charge in [0.1, 0.15) is 0 Å². The first-order valence-corrected chi connectivity index (χ1v) is 8.08. The maximum Gasteiger partial charge on any atom is 0.255 e. The molecule has 0 atom stereocenters. The van der Waals surface area contributed by atoms with E-state index in [-0.39, 0.29) is 5.91 Å². The summed E-state index contributed by atoms with van der Waals surface area (Å²) in [4.78, 5) is 12.6. The van der Waals surface area contributed by atoms with Crippen molar-refractivity contribution in [2.24, 2.45) is 0 Å². The van der Waals surface area contributed by atoms with E-state index in [2.05, 4.69) is 10.4 Å². The predicted molar refractivity (Wildman–Crippen MR) is 95.7 cm³/mol. The molecule has 2 aromatic carbocycles. The highest BCUT2D eigenvalue weighted by Crippen LogP contribution is 2.18. The van der Waals surface area contributed by atoms with Gasteiger partial charge < -0.3 is 5.32 Å². The van der Waals surface area contributed by atoms with Crippen molar-refractivity contribution in [1.82, 2.24) is 15.1 Å². The van der Waals surface area contributed by atoms with Gasteiger partial charge in [-0.3, -0.25) is 4.79 Å². The molecule has 5 heteroatoms. The molecule has 122 valence electrons. The van der Waals surface area contributed by atoms with E-state index in [1.807, 2.05) is 68.4 Å². The molecule has 1 aromatic heterocycles. The van der Waals surface area contributed by atoms with E-state index in [1.54, 1.807) is 4.68 Å². The van der Waals surface area contributed by atoms with Gasteiger partial charge >= 0.3 is 0 Å². The zero-order valence-electron chi connectivity index (χ0n) is 13.6. The first-order chi connectivity index (χ1) is 11.6. The number of carbonyl (C=O) groups is 1. The zero-order chi connectivity index (χ0) is 17.1. The summed E-state index contributed by atoms with van der Waals surface area (Å²) in [6.07, 6.45) is 0. The molecule has 4 nitrogen and oxygen atoms in total. The third-order valence-corrected chi connectivity index (χ3v) is 4.10. The molecule has 3 rings (SSSR count). The van der Waals surface area contributed by atoms with Crippen LogP contribution in [0, 0.1) is 13.8 Å². The molecule has 0 saturated heterocycles. The molecule has 0 fully saturated rings. The summed E-state index contributed by atoms with van der Waals surface area (Å²) in [5.74, 6) is -0.132. The van der Waals surface area contributed by atoms with Crippen LogP contribution in [0.3, 0.4) is 0 Å². The normalized spacial score (nSPS) is 10.6. The van der Waals surface area contributed by atoms with Gasteiger partial charge in [0.2, 0.25) is 0 Å². The maximum absolute atomic E-state index is 12.6. The number of benzene rings is 2. The number of hydrogen-bond acceptors (Lipinski definition) is 2. The highest BCUT2D eigenvalue weighted by atomic mass is 35.5. The molecule has 3 aromatic rings. The average Bonchev–Trinajstić information content (AvgIpc) is 2.88. The quantitative estimate of drug-likeness (QED) is 0.778. The minimum atomic E-state index is -0.132. The molecule has 1 heterocycles. The number of aryl methyl sites for hydroxylation is 1. The number of hydrogen-bond donors (Lipinski definition) is 1. The molecule has 0 unspecified atom stereocenters. The second kappa shape index (κ2) is 6.89. The highest BCUT2D eigenvalue weighted by molar-refractivity contribution is 6.30. The van der Waals surface area contributed by atoms with E-state index < -0.39 is 0 Å². The fraction of sp³-hybridized carbons (Fsp3) is 0.158. The Morgan fingerprint density at radius 3 is 2.58 bits per heavy atom. The minimum absolute atomic E-state index is 0.132. The average molecular weight is 340 g/mol. The third-order valence-electron chi connectivity index (χ3n) is 3.86. The molecule has 1 amide bonds. The Kier molecular flexibility index (Phi) is 4.67. The molecule has 0 spiro atoms. The van der Waals surface area contributed by atoms with Crippen molar-refractivity contribution in [2.75, 3.05) is 0 Å². The van der Waals surface area contributed by atoms with Crippen molar-refractivity contribution in [1.29, 1.82) is 0 Å². The summed E-state index contributed by atoms with van der Waals surface area (Å²) < 4.78 is 1.80. The first-order valence-electron chi connectivity index (χ1n) is 7.70. The van der Waals surface area contributed by atoms with Crippen molar-refractivity contribution in [3.05, 3.63) is 82.1 Å². The van der Waals surface area contributed by atoms with Crippen LogP contribution in [-0.4, -0.2) is 15.7 Å². The number of aromatic nitrogens is 2. The third kappa shape index (κ3) is 3.34. The van der Waals surface area contributed by atoms with Crippen LogP contribution in [-0.2, 0) is 6.54 Å². The van der Waals surface area contributed by atoms with E-state index in [9.17, 15) is 4.79 Å². The molecule has 0 radical (unpaired) electrons. The molecule has 24 heavy (non-hydrogen) atoms. The number of carbonyl (C=O) groups excluding carboxylic acids is 1. The van der Waals surface area contributed by atoms with E-state index in [0.29, 0.717) is 22.8 Å². The minimum Gasteiger partial charge on any atom is -0.348 e. The van der Waals surface area contributed by atoms with Crippen molar-refractivity contribution >= 4 is 17.5 Å². The van der Waals surface area contributed by atoms with Crippen LogP contribution in [0.25, 0.3) is 5.69 Å². The van der Waals surface area contributed by atoms with Gasteiger partial charge in [0.05, 0.1) is 22.6 Å². The summed E-state index contributed by atoms with van der Waals surface area (Å²) >= 11 is 5.97. The SMILES string of the molecule is Cc1nn(-c2ccccc2)c(C)c1C(=O)NCc1cccc(Cl)c1. The fourth-order valence-corrected chi connectivity index (χ4v) is 2.92. The lowest BCUT2D eigenvalue weighted by atomic mass is 10.1. The lowest BCUT2D eigenvalue weighted by Gasteiger charge is -2.07. The van der Waals surface area contributed by atoms with Crippen LogP contribution in [0.2, 0.25) is 5.02 Å². The lowest BCUT2D eigenvalue weighted by molar-refractivity contribution is 0.0949. The molecule has 0 bridgehead atoms. The summed E-state index contributed by atoms with van der Waals surface area (Å²) in [6, 6.07) is 17.2. The van der Waals surface area contributed by atoms with Crippen LogP contribution < -0.4 is 5.32 Å². The van der Waals surface area contributed by atoms with Gasteiger partial charge in [-0.25, -0.2) is 4.68 Å². The summed E-state index contributed by atoms with van der Waals surface area (Å²) in [5, 5.41) is 8.10. The predicted octanol–water partition coefficient (Wildman–Crippen LogP) is 4.07. The molecule has 0 aliphatic heterocycles. The van der Waals surface area contributed by atoms with Gasteiger partial charge in [0, 0.05) is 11.6 Å². The Balaban J connectivity index is 1.82. The monoisotopic (exact) mass is 339 g/mol. The number of para-hydroxylation sites is 1. The maximum atomic E-state index is 12.6. The smallest absolute Gasteiger partial charge is 0.255 e. The molecule has 0 aliphatic carbocycles. The Bertz CT molecular complexity index is 872. The van der Waals surface area contributed by atoms with E-state index in [0.717, 1.165) is 16.9 Å². The Morgan fingerprint density at radius 1 is 1.12 bits per heavy atom. The largest absolute Gasteiger partial charge is 0.348 e. The van der Waals surface area contributed by atoms with Gasteiger partial charge in [0.15, 0.2) is 0 Å². The highest BCUT2D eigenvalue weighted by Gasteiger charge is 2.19. The number of amides is 1. The van der Waals surface area contributed by atoms with Crippen molar-refractivity contribution in [3.8, 4) is 5.69 Å². The topological polar surface area (TPSA) is 46.9 Å². The van der Waals surface area contributed by atoms with E-state index in [4.69, 9.17) is 11.6 Å². The first kappa shape index (κ1) is 16.3. The van der Waals surface area contributed by atoms with Crippen molar-refractivity contribution in [2.45, 2.75) is 20.4 Å². The van der Waals surface area contributed by atoms with Gasteiger partial charge in [-0.1, -0.05) is 41.9 Å². The second-order valence-electron chi connectivity index (χ2n) is 5.61. The fourth-order valence-electron chi connectivity index (χ4n) is 2.71. The van der Waals surface area contributed by atoms with E-state index >= 15 is 0 Å². The number of halogens is 1. The van der Waals surface area contributed by atoms with Gasteiger partial charge in [-0.2, -0.15) is 5.10 Å². The zero-order valence-corrected chi connectivity index (χ0v) is 14.3. The second-order valence-corrected chi connectivity index (χ2v) is 6.04. The van der Waals surface area contributed by atoms with Crippen LogP contribution >= 0.6 is 11.6 Å². The standard InChI is InChI=1S/C19H18ClN3O/c1-13-18(14(2)23(22-13)17-9-4-3-5-10-17)19(24)21-12-15-7-6-8-16(20)11-15/h3-11H,12H2,1-2H3,(H,21,24). The van der Waals surface area contributed by atoms with Gasteiger partial charge in [-0.15, -0.1) is 0 Å². The summed E-state index contributed by atoms with van der Waals surface area (Å²) in [6.45, 7) is 4.18. The van der Waals surface area contributed by atoms with Gasteiger partial charge in [-0.05, 0) is 43.7 Å². The van der Waals surface area contributed by atoms with Crippen LogP contribution in [0.1, 0.15) is 27.3 Å². The lowest BCUT2D eigenvalue weighted by Crippen LogP contribution is -2.24. The Hall–Kier alpha value is -2.59. The van der Waals surface area contributed by atoms with Crippen LogP contribution in [0.15, 0.2) is 54.6 Å². The molecule has 1 N–H and O–H groups in total.